The van der Waals surface area contributed by atoms with Crippen molar-refractivity contribution < 1.29 is 4.39 Å². The molecule has 0 unspecified atom stereocenters. The highest BCUT2D eigenvalue weighted by molar-refractivity contribution is 14.0. The summed E-state index contributed by atoms with van der Waals surface area (Å²) in [4.78, 5) is 11.4. The van der Waals surface area contributed by atoms with Crippen LogP contribution in [0.5, 0.6) is 0 Å². The Morgan fingerprint density at radius 3 is 2.65 bits per heavy atom. The van der Waals surface area contributed by atoms with Gasteiger partial charge in [-0.05, 0) is 56.5 Å². The van der Waals surface area contributed by atoms with Crippen LogP contribution in [0.1, 0.15) is 43.0 Å². The van der Waals surface area contributed by atoms with E-state index in [1.165, 1.54) is 24.6 Å². The van der Waals surface area contributed by atoms with E-state index in [4.69, 9.17) is 0 Å². The van der Waals surface area contributed by atoms with Crippen LogP contribution in [0.2, 0.25) is 0 Å². The zero-order valence-corrected chi connectivity index (χ0v) is 22.1. The number of aryl methyl sites for hydroxylation is 1. The van der Waals surface area contributed by atoms with Crippen LogP contribution in [0, 0.1) is 18.7 Å². The molecule has 1 aromatic heterocycles. The Kier molecular flexibility index (Phi) is 10.2. The van der Waals surface area contributed by atoms with Crippen LogP contribution in [0.3, 0.4) is 0 Å². The van der Waals surface area contributed by atoms with Gasteiger partial charge in [-0.3, -0.25) is 9.89 Å². The smallest absolute Gasteiger partial charge is 0.191 e. The first-order chi connectivity index (χ1) is 14.4. The molecule has 2 heterocycles. The van der Waals surface area contributed by atoms with Crippen LogP contribution >= 0.6 is 35.3 Å². The van der Waals surface area contributed by atoms with E-state index < -0.39 is 0 Å². The van der Waals surface area contributed by atoms with E-state index in [0.29, 0.717) is 12.5 Å². The highest BCUT2D eigenvalue weighted by Gasteiger charge is 2.23. The Hall–Kier alpha value is -1.26. The van der Waals surface area contributed by atoms with Crippen LogP contribution in [0.4, 0.5) is 4.39 Å². The molecule has 0 amide bonds. The average Bonchev–Trinajstić information content (AvgIpc) is 3.14. The van der Waals surface area contributed by atoms with Crippen molar-refractivity contribution in [3.63, 3.8) is 0 Å². The van der Waals surface area contributed by atoms with Gasteiger partial charge < -0.3 is 10.6 Å². The van der Waals surface area contributed by atoms with Crippen LogP contribution in [-0.4, -0.2) is 49.1 Å². The largest absolute Gasteiger partial charge is 0.356 e. The van der Waals surface area contributed by atoms with E-state index in [1.807, 2.05) is 6.07 Å². The molecule has 5 nitrogen and oxygen atoms in total. The number of hydrogen-bond donors (Lipinski definition) is 2. The lowest BCUT2D eigenvalue weighted by molar-refractivity contribution is 0.176. The summed E-state index contributed by atoms with van der Waals surface area (Å²) in [5.41, 5.74) is 1.98. The quantitative estimate of drug-likeness (QED) is 0.297. The molecule has 0 saturated carbocycles. The Balaban J connectivity index is 0.00000341. The first kappa shape index (κ1) is 26.0. The highest BCUT2D eigenvalue weighted by atomic mass is 127. The molecule has 8 heteroatoms. The van der Waals surface area contributed by atoms with Crippen LogP contribution in [-0.2, 0) is 12.0 Å². The summed E-state index contributed by atoms with van der Waals surface area (Å²) in [6, 6.07) is 6.83. The fourth-order valence-corrected chi connectivity index (χ4v) is 4.44. The van der Waals surface area contributed by atoms with Crippen molar-refractivity contribution in [3.8, 4) is 0 Å². The lowest BCUT2D eigenvalue weighted by Gasteiger charge is -2.32. The third-order valence-corrected chi connectivity index (χ3v) is 6.67. The minimum absolute atomic E-state index is 0. The monoisotopic (exact) mass is 559 g/mol. The molecule has 1 aliphatic rings. The molecule has 0 radical (unpaired) electrons. The number of nitrogens with one attached hydrogen (secondary N) is 2. The van der Waals surface area contributed by atoms with Crippen molar-refractivity contribution in [1.82, 2.24) is 20.5 Å². The van der Waals surface area contributed by atoms with Crippen molar-refractivity contribution in [3.05, 3.63) is 51.7 Å². The summed E-state index contributed by atoms with van der Waals surface area (Å²) in [6.07, 6.45) is 2.36. The van der Waals surface area contributed by atoms with Crippen LogP contribution in [0.15, 0.2) is 34.6 Å². The van der Waals surface area contributed by atoms with Gasteiger partial charge in [0.25, 0.3) is 0 Å². The van der Waals surface area contributed by atoms with Crippen LogP contribution < -0.4 is 10.6 Å². The second-order valence-corrected chi connectivity index (χ2v) is 9.84. The van der Waals surface area contributed by atoms with Crippen molar-refractivity contribution in [2.24, 2.45) is 10.9 Å². The summed E-state index contributed by atoms with van der Waals surface area (Å²) in [6.45, 7) is 11.1. The zero-order chi connectivity index (χ0) is 21.6. The molecule has 1 saturated heterocycles. The van der Waals surface area contributed by atoms with E-state index in [1.54, 1.807) is 30.5 Å². The number of nitrogens with zero attached hydrogens (tertiary/aromatic N) is 3. The van der Waals surface area contributed by atoms with Gasteiger partial charge in [0.15, 0.2) is 5.96 Å². The molecule has 3 rings (SSSR count). The van der Waals surface area contributed by atoms with E-state index in [-0.39, 0.29) is 35.2 Å². The third kappa shape index (κ3) is 7.98. The number of likely N-dealkylation sites (tertiary alicyclic amines) is 1. The number of hydrogen-bond acceptors (Lipinski definition) is 4. The molecule has 1 fully saturated rings. The van der Waals surface area contributed by atoms with Gasteiger partial charge in [-0.1, -0.05) is 26.0 Å². The molecule has 0 spiro atoms. The standard InChI is InChI=1S/C23H34FN5S.HI/c1-17-28-21(15-30-17)14-29-10-8-18(9-11-29)13-26-22(25-4)27-16-23(2,3)19-6-5-7-20(24)12-19;/h5-7,12,15,18H,8-11,13-14,16H2,1-4H3,(H2,25,26,27);1H. The number of thiazole rings is 1. The maximum atomic E-state index is 13.6. The second-order valence-electron chi connectivity index (χ2n) is 8.78. The molecule has 2 N–H and O–H groups in total. The number of halogens is 2. The fourth-order valence-electron chi connectivity index (χ4n) is 3.84. The molecule has 0 aliphatic carbocycles. The first-order valence-electron chi connectivity index (χ1n) is 10.7. The third-order valence-electron chi connectivity index (χ3n) is 5.84. The molecule has 0 bridgehead atoms. The van der Waals surface area contributed by atoms with E-state index >= 15 is 0 Å². The van der Waals surface area contributed by atoms with Crippen molar-refractivity contribution in [1.29, 1.82) is 0 Å². The summed E-state index contributed by atoms with van der Waals surface area (Å²) in [7, 11) is 1.79. The van der Waals surface area contributed by atoms with Gasteiger partial charge in [0.1, 0.15) is 5.82 Å². The number of aliphatic imine (C=N–C) groups is 1. The maximum Gasteiger partial charge on any atom is 0.191 e. The normalized spacial score (nSPS) is 16.1. The van der Waals surface area contributed by atoms with Crippen molar-refractivity contribution >= 4 is 41.3 Å². The Bertz CT molecular complexity index is 846. The number of aromatic nitrogens is 1. The molecular formula is C23H35FIN5S. The van der Waals surface area contributed by atoms with Crippen LogP contribution in [0.25, 0.3) is 0 Å². The minimum Gasteiger partial charge on any atom is -0.356 e. The minimum atomic E-state index is -0.195. The Morgan fingerprint density at radius 2 is 2.03 bits per heavy atom. The van der Waals surface area contributed by atoms with Gasteiger partial charge in [-0.25, -0.2) is 9.37 Å². The van der Waals surface area contributed by atoms with E-state index in [2.05, 4.69) is 51.7 Å². The summed E-state index contributed by atoms with van der Waals surface area (Å²) in [5, 5.41) is 10.2. The molecule has 2 aromatic rings. The van der Waals surface area contributed by atoms with Gasteiger partial charge in [0.2, 0.25) is 0 Å². The van der Waals surface area contributed by atoms with E-state index in [9.17, 15) is 4.39 Å². The molecule has 0 atom stereocenters. The van der Waals surface area contributed by atoms with Gasteiger partial charge >= 0.3 is 0 Å². The van der Waals surface area contributed by atoms with E-state index in [0.717, 1.165) is 42.7 Å². The number of guanidine groups is 1. The lowest BCUT2D eigenvalue weighted by atomic mass is 9.84. The second kappa shape index (κ2) is 12.1. The predicted molar refractivity (Wildman–Crippen MR) is 139 cm³/mol. The molecule has 1 aliphatic heterocycles. The number of rotatable bonds is 7. The number of benzene rings is 1. The zero-order valence-electron chi connectivity index (χ0n) is 18.9. The van der Waals surface area contributed by atoms with Gasteiger partial charge in [0, 0.05) is 37.5 Å². The lowest BCUT2D eigenvalue weighted by Crippen LogP contribution is -2.46. The molecule has 1 aromatic carbocycles. The average molecular weight is 560 g/mol. The first-order valence-corrected chi connectivity index (χ1v) is 11.6. The summed E-state index contributed by atoms with van der Waals surface area (Å²) < 4.78 is 13.6. The topological polar surface area (TPSA) is 52.6 Å². The maximum absolute atomic E-state index is 13.6. The molecule has 172 valence electrons. The van der Waals surface area contributed by atoms with Gasteiger partial charge in [-0.15, -0.1) is 35.3 Å². The summed E-state index contributed by atoms with van der Waals surface area (Å²) in [5.74, 6) is 1.26. The SMILES string of the molecule is CN=C(NCC1CCN(Cc2csc(C)n2)CC1)NCC(C)(C)c1cccc(F)c1.I. The fraction of sp³-hybridized carbons (Fsp3) is 0.565. The summed E-state index contributed by atoms with van der Waals surface area (Å²) >= 11 is 1.73. The van der Waals surface area contributed by atoms with Crippen molar-refractivity contribution in [2.75, 3.05) is 33.2 Å². The van der Waals surface area contributed by atoms with Crippen molar-refractivity contribution in [2.45, 2.75) is 45.6 Å². The van der Waals surface area contributed by atoms with Gasteiger partial charge in [0.05, 0.1) is 10.7 Å². The number of piperidine rings is 1. The predicted octanol–water partition coefficient (Wildman–Crippen LogP) is 4.56. The molecule has 31 heavy (non-hydrogen) atoms. The molecular weight excluding hydrogens is 524 g/mol. The van der Waals surface area contributed by atoms with Gasteiger partial charge in [-0.2, -0.15) is 0 Å². The Labute approximate surface area is 207 Å². The Morgan fingerprint density at radius 1 is 1.29 bits per heavy atom. The highest BCUT2D eigenvalue weighted by Crippen LogP contribution is 2.23.